The van der Waals surface area contributed by atoms with Crippen LogP contribution in [0, 0.1) is 10.7 Å². The molecule has 9 nitrogen and oxygen atoms in total. The van der Waals surface area contributed by atoms with Crippen LogP contribution < -0.4 is 0 Å². The van der Waals surface area contributed by atoms with Gasteiger partial charge in [0.05, 0.1) is 33.0 Å². The summed E-state index contributed by atoms with van der Waals surface area (Å²) in [4.78, 5) is 32.2. The van der Waals surface area contributed by atoms with E-state index in [2.05, 4.69) is 72.5 Å². The van der Waals surface area contributed by atoms with Gasteiger partial charge in [0.1, 0.15) is 12.4 Å². The number of rotatable bonds is 12. The number of carbonyl (C=O) groups excluding carboxylic acids is 3. The lowest BCUT2D eigenvalue weighted by molar-refractivity contribution is -0.140. The van der Waals surface area contributed by atoms with Crippen LogP contribution in [0.1, 0.15) is 49.2 Å². The summed E-state index contributed by atoms with van der Waals surface area (Å²) in [5.74, 6) is -0.857. The van der Waals surface area contributed by atoms with Crippen LogP contribution in [-0.4, -0.2) is 55.9 Å². The first-order valence-electron chi connectivity index (χ1n) is 14.2. The van der Waals surface area contributed by atoms with Crippen LogP contribution >= 0.6 is 75.4 Å². The number of hydrogen-bond acceptors (Lipinski definition) is 9. The van der Waals surface area contributed by atoms with Gasteiger partial charge in [-0.05, 0) is 149 Å². The van der Waals surface area contributed by atoms with Gasteiger partial charge in [-0.25, -0.2) is 4.79 Å². The fourth-order valence-electron chi connectivity index (χ4n) is 3.07. The zero-order valence-corrected chi connectivity index (χ0v) is 33.6. The molecule has 0 aliphatic carbocycles. The van der Waals surface area contributed by atoms with Crippen molar-refractivity contribution in [3.05, 3.63) is 106 Å². The van der Waals surface area contributed by atoms with Gasteiger partial charge in [0.15, 0.2) is 0 Å². The maximum absolute atomic E-state index is 11.8. The lowest BCUT2D eigenvalue weighted by Gasteiger charge is -2.15. The van der Waals surface area contributed by atoms with Gasteiger partial charge >= 0.3 is 19.5 Å². The highest BCUT2D eigenvalue weighted by Crippen LogP contribution is 2.47. The lowest BCUT2D eigenvalue weighted by atomic mass is 10.2. The molecule has 0 aliphatic rings. The van der Waals surface area contributed by atoms with Crippen LogP contribution in [0.2, 0.25) is 0 Å². The number of aliphatic hydroxyl groups excluding tert-OH is 1. The predicted molar refractivity (Wildman–Crippen MR) is 207 cm³/mol. The van der Waals surface area contributed by atoms with E-state index in [-0.39, 0.29) is 38.6 Å². The normalized spacial score (nSPS) is 10.3. The number of hydrogen-bond donors (Lipinski definition) is 1. The fourth-order valence-corrected chi connectivity index (χ4v) is 6.26. The predicted octanol–water partition coefficient (Wildman–Crippen LogP) is 8.57. The maximum Gasteiger partial charge on any atom is 0.341 e. The quantitative estimate of drug-likeness (QED) is 0.0625. The Kier molecular flexibility index (Phi) is 26.3. The zero-order chi connectivity index (χ0) is 34.8. The van der Waals surface area contributed by atoms with Gasteiger partial charge in [-0.1, -0.05) is 36.4 Å². The topological polar surface area (TPSA) is 125 Å². The van der Waals surface area contributed by atoms with Crippen molar-refractivity contribution in [1.82, 2.24) is 0 Å². The van der Waals surface area contributed by atoms with Crippen LogP contribution in [0.3, 0.4) is 0 Å². The molecule has 13 heteroatoms. The van der Waals surface area contributed by atoms with Crippen molar-refractivity contribution in [1.29, 1.82) is 0 Å². The molecule has 3 aromatic rings. The van der Waals surface area contributed by atoms with E-state index in [1.807, 2.05) is 66.7 Å². The molecule has 0 aliphatic heterocycles. The Bertz CT molecular complexity index is 1390. The van der Waals surface area contributed by atoms with Crippen molar-refractivity contribution < 1.29 is 42.6 Å². The highest BCUT2D eigenvalue weighted by molar-refractivity contribution is 14.1. The van der Waals surface area contributed by atoms with E-state index < -0.39 is 13.6 Å². The van der Waals surface area contributed by atoms with Crippen LogP contribution in [0.4, 0.5) is 0 Å². The van der Waals surface area contributed by atoms with Crippen molar-refractivity contribution in [3.8, 4) is 0 Å². The number of esters is 2. The Balaban J connectivity index is 0.000000599. The Hall–Kier alpha value is -1.69. The largest absolute Gasteiger partial charge is 0.466 e. The SMILES string of the molecule is CCOC(=O)/C=C/c1cccc(I)c1.CCOC(=O)CP(=O)(OCC)OCC.O=Cc1cccc(I)c1.OCc1cccc(I)c1. The summed E-state index contributed by atoms with van der Waals surface area (Å²) in [6.07, 6.45) is 3.72. The molecule has 0 fully saturated rings. The molecule has 0 saturated heterocycles. The van der Waals surface area contributed by atoms with E-state index in [1.165, 1.54) is 9.65 Å². The van der Waals surface area contributed by atoms with Gasteiger partial charge in [0.25, 0.3) is 0 Å². The number of aldehydes is 1. The molecule has 0 radical (unpaired) electrons. The van der Waals surface area contributed by atoms with Crippen molar-refractivity contribution in [2.24, 2.45) is 0 Å². The van der Waals surface area contributed by atoms with E-state index in [4.69, 9.17) is 18.9 Å². The minimum absolute atomic E-state index is 0.136. The van der Waals surface area contributed by atoms with E-state index in [0.29, 0.717) is 6.61 Å². The summed E-state index contributed by atoms with van der Waals surface area (Å²) in [6.45, 7) is 8.16. The third-order valence-electron chi connectivity index (χ3n) is 4.88. The minimum atomic E-state index is -3.28. The highest BCUT2D eigenvalue weighted by atomic mass is 127. The van der Waals surface area contributed by atoms with Crippen molar-refractivity contribution in [2.75, 3.05) is 32.6 Å². The summed E-state index contributed by atoms with van der Waals surface area (Å²) < 4.78 is 34.4. The van der Waals surface area contributed by atoms with Crippen molar-refractivity contribution in [2.45, 2.75) is 34.3 Å². The molecule has 0 aromatic heterocycles. The Morgan fingerprint density at radius 1 is 0.739 bits per heavy atom. The van der Waals surface area contributed by atoms with Crippen molar-refractivity contribution in [3.63, 3.8) is 0 Å². The number of carbonyl (C=O) groups is 3. The molecule has 0 amide bonds. The molecule has 1 N–H and O–H groups in total. The van der Waals surface area contributed by atoms with Crippen LogP contribution in [0.15, 0.2) is 78.9 Å². The molecule has 0 bridgehead atoms. The number of ether oxygens (including phenoxy) is 2. The Morgan fingerprint density at radius 2 is 1.24 bits per heavy atom. The van der Waals surface area contributed by atoms with Crippen molar-refractivity contribution >= 4 is 99.7 Å². The number of aliphatic hydroxyl groups is 1. The molecule has 0 spiro atoms. The van der Waals surface area contributed by atoms with Crippen LogP contribution in [0.5, 0.6) is 0 Å². The van der Waals surface area contributed by atoms with E-state index in [1.54, 1.807) is 39.8 Å². The second kappa shape index (κ2) is 27.3. The lowest BCUT2D eigenvalue weighted by Crippen LogP contribution is -2.12. The van der Waals surface area contributed by atoms with Gasteiger partial charge in [0.2, 0.25) is 0 Å². The third-order valence-corrected chi connectivity index (χ3v) is 8.84. The summed E-state index contributed by atoms with van der Waals surface area (Å²) in [5, 5.41) is 8.66. The van der Waals surface area contributed by atoms with E-state index >= 15 is 0 Å². The highest BCUT2D eigenvalue weighted by Gasteiger charge is 2.28. The van der Waals surface area contributed by atoms with Gasteiger partial charge < -0.3 is 23.6 Å². The second-order valence-electron chi connectivity index (χ2n) is 8.51. The molecule has 46 heavy (non-hydrogen) atoms. The fraction of sp³-hybridized carbons (Fsp3) is 0.303. The van der Waals surface area contributed by atoms with Crippen LogP contribution in [-0.2, 0) is 39.3 Å². The van der Waals surface area contributed by atoms with E-state index in [9.17, 15) is 18.9 Å². The molecule has 0 atom stereocenters. The molecule has 0 saturated carbocycles. The summed E-state index contributed by atoms with van der Waals surface area (Å²) >= 11 is 6.62. The first-order valence-corrected chi connectivity index (χ1v) is 19.1. The first kappa shape index (κ1) is 44.3. The average molecular weight is 992 g/mol. The average Bonchev–Trinajstić information content (AvgIpc) is 3.01. The summed E-state index contributed by atoms with van der Waals surface area (Å²) in [7, 11) is -3.28. The maximum atomic E-state index is 11.8. The molecule has 3 rings (SSSR count). The van der Waals surface area contributed by atoms with Crippen LogP contribution in [0.25, 0.3) is 6.08 Å². The second-order valence-corrected chi connectivity index (χ2v) is 14.3. The van der Waals surface area contributed by atoms with Gasteiger partial charge in [-0.15, -0.1) is 0 Å². The molecular formula is C33H40I3O9P. The Labute approximate surface area is 312 Å². The molecule has 3 aromatic carbocycles. The molecule has 0 unspecified atom stereocenters. The first-order chi connectivity index (χ1) is 21.9. The molecular weight excluding hydrogens is 952 g/mol. The minimum Gasteiger partial charge on any atom is -0.466 e. The smallest absolute Gasteiger partial charge is 0.341 e. The zero-order valence-electron chi connectivity index (χ0n) is 26.2. The van der Waals surface area contributed by atoms with Gasteiger partial charge in [-0.2, -0.15) is 0 Å². The summed E-state index contributed by atoms with van der Waals surface area (Å²) in [5.41, 5.74) is 2.72. The Morgan fingerprint density at radius 3 is 1.65 bits per heavy atom. The molecule has 0 heterocycles. The standard InChI is InChI=1S/C11H11IO2.C8H17O5P.C7H7IO.C7H5IO/c1-2-14-11(13)7-6-9-4-3-5-10(12)8-9;1-4-11-8(9)7-14(10,12-5-2)13-6-3;2*8-7-3-1-2-6(4-7)5-9/h3-8H,2H2,1H3;4-7H2,1-3H3;1-4,9H,5H2;1-5H/b7-6+;;;. The van der Waals surface area contributed by atoms with E-state index in [0.717, 1.165) is 30.1 Å². The summed E-state index contributed by atoms with van der Waals surface area (Å²) in [6, 6.07) is 23.1. The van der Waals surface area contributed by atoms with Gasteiger partial charge in [0, 0.05) is 22.4 Å². The number of halogens is 3. The monoisotopic (exact) mass is 992 g/mol. The molecule has 252 valence electrons. The third kappa shape index (κ3) is 22.8. The van der Waals surface area contributed by atoms with Gasteiger partial charge in [-0.3, -0.25) is 14.2 Å². The number of benzene rings is 3.